The summed E-state index contributed by atoms with van der Waals surface area (Å²) in [7, 11) is 0. The number of ether oxygens (including phenoxy) is 2. The van der Waals surface area contributed by atoms with E-state index in [1.165, 1.54) is 0 Å². The summed E-state index contributed by atoms with van der Waals surface area (Å²) in [4.78, 5) is 22.5. The molecular weight excluding hydrogens is 380 g/mol. The van der Waals surface area contributed by atoms with Gasteiger partial charge in [0.15, 0.2) is 17.1 Å². The number of para-hydroxylation sites is 3. The number of benzene rings is 3. The third-order valence-electron chi connectivity index (χ3n) is 5.22. The van der Waals surface area contributed by atoms with E-state index in [-0.39, 0.29) is 19.2 Å². The molecule has 3 aromatic carbocycles. The highest BCUT2D eigenvalue weighted by molar-refractivity contribution is 6.07. The van der Waals surface area contributed by atoms with Crippen molar-refractivity contribution >= 4 is 44.7 Å². The number of aromatic nitrogens is 3. The molecule has 3 heterocycles. The van der Waals surface area contributed by atoms with Crippen molar-refractivity contribution in [3.05, 3.63) is 66.7 Å². The molecule has 0 fully saturated rings. The van der Waals surface area contributed by atoms with Gasteiger partial charge in [0, 0.05) is 17.1 Å². The number of carbonyl (C=O) groups is 1. The van der Waals surface area contributed by atoms with Crippen molar-refractivity contribution in [2.75, 3.05) is 12.1 Å². The molecule has 1 aliphatic heterocycles. The van der Waals surface area contributed by atoms with E-state index in [2.05, 4.69) is 5.32 Å². The van der Waals surface area contributed by atoms with Crippen LogP contribution in [0.4, 0.5) is 5.69 Å². The molecule has 0 saturated heterocycles. The number of nitrogens with one attached hydrogen (secondary N) is 1. The average molecular weight is 396 g/mol. The second-order valence-electron chi connectivity index (χ2n) is 7.10. The van der Waals surface area contributed by atoms with Gasteiger partial charge in [-0.2, -0.15) is 0 Å². The summed E-state index contributed by atoms with van der Waals surface area (Å²) in [5.41, 5.74) is 4.68. The number of amides is 1. The Labute approximate surface area is 170 Å². The van der Waals surface area contributed by atoms with Crippen LogP contribution in [0.3, 0.4) is 0 Å². The van der Waals surface area contributed by atoms with Crippen LogP contribution in [0.25, 0.3) is 33.1 Å². The standard InChI is InChI=1S/C23H16N4O3/c28-21(24-14-9-10-19-20(11-14)30-13-29-19)12-27-18-8-4-1-5-15(18)22-23(27)26-17-7-3-2-6-16(17)25-22/h1-11H,12-13H2,(H,24,28). The van der Waals surface area contributed by atoms with Crippen LogP contribution < -0.4 is 14.8 Å². The molecule has 0 spiro atoms. The summed E-state index contributed by atoms with van der Waals surface area (Å²) in [6.45, 7) is 0.312. The lowest BCUT2D eigenvalue weighted by Crippen LogP contribution is -2.18. The van der Waals surface area contributed by atoms with Crippen LogP contribution >= 0.6 is 0 Å². The fourth-order valence-corrected chi connectivity index (χ4v) is 3.86. The van der Waals surface area contributed by atoms with Crippen LogP contribution in [0.5, 0.6) is 11.5 Å². The van der Waals surface area contributed by atoms with Crippen molar-refractivity contribution < 1.29 is 14.3 Å². The summed E-state index contributed by atoms with van der Waals surface area (Å²) in [5.74, 6) is 1.14. The molecule has 1 aliphatic rings. The molecule has 6 rings (SSSR count). The first-order valence-corrected chi connectivity index (χ1v) is 9.59. The number of hydrogen-bond donors (Lipinski definition) is 1. The predicted octanol–water partition coefficient (Wildman–Crippen LogP) is 4.11. The zero-order valence-electron chi connectivity index (χ0n) is 15.8. The first-order valence-electron chi connectivity index (χ1n) is 9.59. The molecule has 7 nitrogen and oxygen atoms in total. The lowest BCUT2D eigenvalue weighted by atomic mass is 10.2. The monoisotopic (exact) mass is 396 g/mol. The first-order chi connectivity index (χ1) is 14.8. The molecule has 7 heteroatoms. The zero-order chi connectivity index (χ0) is 20.1. The molecule has 146 valence electrons. The molecule has 0 aliphatic carbocycles. The summed E-state index contributed by atoms with van der Waals surface area (Å²) in [5, 5.41) is 3.91. The van der Waals surface area contributed by atoms with E-state index in [0.717, 1.165) is 27.5 Å². The Balaban J connectivity index is 1.41. The number of anilines is 1. The van der Waals surface area contributed by atoms with Crippen molar-refractivity contribution in [2.24, 2.45) is 0 Å². The van der Waals surface area contributed by atoms with Crippen molar-refractivity contribution in [2.45, 2.75) is 6.54 Å². The van der Waals surface area contributed by atoms with Gasteiger partial charge in [-0.15, -0.1) is 0 Å². The molecule has 0 unspecified atom stereocenters. The SMILES string of the molecule is O=C(Cn1c2ccccc2c2nc3ccccc3nc21)Nc1ccc2c(c1)OCO2. The molecule has 30 heavy (non-hydrogen) atoms. The normalized spacial score (nSPS) is 12.7. The number of rotatable bonds is 3. The molecule has 0 saturated carbocycles. The molecular formula is C23H16N4O3. The molecule has 0 radical (unpaired) electrons. The van der Waals surface area contributed by atoms with Gasteiger partial charge in [0.1, 0.15) is 12.1 Å². The van der Waals surface area contributed by atoms with Crippen LogP contribution in [-0.4, -0.2) is 27.2 Å². The third-order valence-corrected chi connectivity index (χ3v) is 5.22. The highest BCUT2D eigenvalue weighted by atomic mass is 16.7. The topological polar surface area (TPSA) is 78.3 Å². The summed E-state index contributed by atoms with van der Waals surface area (Å²) >= 11 is 0. The Morgan fingerprint density at radius 2 is 1.70 bits per heavy atom. The number of nitrogens with zero attached hydrogens (tertiary/aromatic N) is 3. The molecule has 2 aromatic heterocycles. The number of hydrogen-bond acceptors (Lipinski definition) is 5. The van der Waals surface area contributed by atoms with Crippen molar-refractivity contribution in [3.63, 3.8) is 0 Å². The quantitative estimate of drug-likeness (QED) is 0.497. The van der Waals surface area contributed by atoms with Crippen LogP contribution in [0, 0.1) is 0 Å². The number of carbonyl (C=O) groups excluding carboxylic acids is 1. The second kappa shape index (κ2) is 6.45. The highest BCUT2D eigenvalue weighted by Gasteiger charge is 2.18. The van der Waals surface area contributed by atoms with Gasteiger partial charge in [0.2, 0.25) is 12.7 Å². The van der Waals surface area contributed by atoms with E-state index in [9.17, 15) is 4.79 Å². The lowest BCUT2D eigenvalue weighted by molar-refractivity contribution is -0.116. The molecule has 0 bridgehead atoms. The van der Waals surface area contributed by atoms with E-state index < -0.39 is 0 Å². The lowest BCUT2D eigenvalue weighted by Gasteiger charge is -2.09. The van der Waals surface area contributed by atoms with Gasteiger partial charge in [-0.1, -0.05) is 30.3 Å². The van der Waals surface area contributed by atoms with Crippen LogP contribution in [-0.2, 0) is 11.3 Å². The minimum atomic E-state index is -0.161. The molecule has 1 amide bonds. The van der Waals surface area contributed by atoms with Gasteiger partial charge in [0.05, 0.1) is 16.6 Å². The molecule has 1 N–H and O–H groups in total. The highest BCUT2D eigenvalue weighted by Crippen LogP contribution is 2.34. The summed E-state index contributed by atoms with van der Waals surface area (Å²) in [6, 6.07) is 21.0. The van der Waals surface area contributed by atoms with E-state index in [1.807, 2.05) is 53.1 Å². The van der Waals surface area contributed by atoms with Crippen LogP contribution in [0.2, 0.25) is 0 Å². The number of fused-ring (bicyclic) bond motifs is 5. The smallest absolute Gasteiger partial charge is 0.244 e. The van der Waals surface area contributed by atoms with Crippen molar-refractivity contribution in [1.82, 2.24) is 14.5 Å². The Morgan fingerprint density at radius 3 is 2.60 bits per heavy atom. The molecule has 0 atom stereocenters. The maximum Gasteiger partial charge on any atom is 0.244 e. The average Bonchev–Trinajstić information content (AvgIpc) is 3.35. The van der Waals surface area contributed by atoms with Gasteiger partial charge in [0.25, 0.3) is 0 Å². The summed E-state index contributed by atoms with van der Waals surface area (Å²) < 4.78 is 12.6. The van der Waals surface area contributed by atoms with Gasteiger partial charge < -0.3 is 19.4 Å². The first kappa shape index (κ1) is 16.8. The Kier molecular flexibility index (Phi) is 3.61. The Bertz CT molecular complexity index is 1460. The van der Waals surface area contributed by atoms with Gasteiger partial charge in [-0.05, 0) is 30.3 Å². The van der Waals surface area contributed by atoms with E-state index in [1.54, 1.807) is 18.2 Å². The summed E-state index contributed by atoms with van der Waals surface area (Å²) in [6.07, 6.45) is 0. The van der Waals surface area contributed by atoms with Gasteiger partial charge in [-0.3, -0.25) is 4.79 Å². The minimum Gasteiger partial charge on any atom is -0.454 e. The molecule has 5 aromatic rings. The van der Waals surface area contributed by atoms with E-state index in [4.69, 9.17) is 19.4 Å². The van der Waals surface area contributed by atoms with E-state index >= 15 is 0 Å². The Hall–Kier alpha value is -4.13. The van der Waals surface area contributed by atoms with Crippen LogP contribution in [0.15, 0.2) is 66.7 Å². The van der Waals surface area contributed by atoms with Crippen molar-refractivity contribution in [3.8, 4) is 11.5 Å². The second-order valence-corrected chi connectivity index (χ2v) is 7.10. The van der Waals surface area contributed by atoms with Gasteiger partial charge >= 0.3 is 0 Å². The van der Waals surface area contributed by atoms with E-state index in [0.29, 0.717) is 22.8 Å². The minimum absolute atomic E-state index is 0.117. The Morgan fingerprint density at radius 1 is 0.933 bits per heavy atom. The van der Waals surface area contributed by atoms with Crippen molar-refractivity contribution in [1.29, 1.82) is 0 Å². The largest absolute Gasteiger partial charge is 0.454 e. The van der Waals surface area contributed by atoms with Crippen LogP contribution in [0.1, 0.15) is 0 Å². The fraction of sp³-hybridized carbons (Fsp3) is 0.0870. The zero-order valence-corrected chi connectivity index (χ0v) is 15.8. The fourth-order valence-electron chi connectivity index (χ4n) is 3.86. The maximum absolute atomic E-state index is 12.9. The third kappa shape index (κ3) is 2.63. The maximum atomic E-state index is 12.9. The van der Waals surface area contributed by atoms with Gasteiger partial charge in [-0.25, -0.2) is 9.97 Å². The predicted molar refractivity (Wildman–Crippen MR) is 114 cm³/mol.